The van der Waals surface area contributed by atoms with Gasteiger partial charge in [0.2, 0.25) is 0 Å². The van der Waals surface area contributed by atoms with Crippen molar-refractivity contribution in [2.24, 2.45) is 4.99 Å². The summed E-state index contributed by atoms with van der Waals surface area (Å²) in [6.07, 6.45) is 3.00. The van der Waals surface area contributed by atoms with E-state index >= 15 is 0 Å². The van der Waals surface area contributed by atoms with Crippen LogP contribution in [-0.2, 0) is 0 Å². The predicted octanol–water partition coefficient (Wildman–Crippen LogP) is 0.966. The standard InChI is InChI=1S/C6H8N2S/c1-2-9-6-3-7-4-8-5(1)6/h4H,1-3H2,(H,7,8). The Morgan fingerprint density at radius 3 is 3.56 bits per heavy atom. The van der Waals surface area contributed by atoms with Gasteiger partial charge in [-0.15, -0.1) is 11.8 Å². The van der Waals surface area contributed by atoms with Crippen molar-refractivity contribution in [1.29, 1.82) is 0 Å². The highest BCUT2D eigenvalue weighted by Crippen LogP contribution is 2.30. The Bertz CT molecular complexity index is 165. The minimum Gasteiger partial charge on any atom is -0.349 e. The highest BCUT2D eigenvalue weighted by molar-refractivity contribution is 8.03. The molecule has 0 saturated heterocycles. The topological polar surface area (TPSA) is 24.4 Å². The molecule has 0 atom stereocenters. The van der Waals surface area contributed by atoms with Crippen LogP contribution >= 0.6 is 11.8 Å². The molecular weight excluding hydrogens is 132 g/mol. The molecule has 2 aliphatic rings. The average molecular weight is 140 g/mol. The van der Waals surface area contributed by atoms with Gasteiger partial charge in [-0.3, -0.25) is 4.99 Å². The Hall–Kier alpha value is -0.440. The van der Waals surface area contributed by atoms with Crippen molar-refractivity contribution in [2.45, 2.75) is 6.42 Å². The van der Waals surface area contributed by atoms with E-state index < -0.39 is 0 Å². The Kier molecular flexibility index (Phi) is 1.23. The lowest BCUT2D eigenvalue weighted by Crippen LogP contribution is -2.15. The van der Waals surface area contributed by atoms with Gasteiger partial charge in [-0.05, 0) is 6.42 Å². The number of rotatable bonds is 0. The monoisotopic (exact) mass is 140 g/mol. The van der Waals surface area contributed by atoms with Crippen molar-refractivity contribution in [3.05, 3.63) is 10.6 Å². The van der Waals surface area contributed by atoms with E-state index in [-0.39, 0.29) is 0 Å². The van der Waals surface area contributed by atoms with Crippen LogP contribution in [0.1, 0.15) is 6.42 Å². The van der Waals surface area contributed by atoms with Gasteiger partial charge in [-0.25, -0.2) is 0 Å². The molecule has 9 heavy (non-hydrogen) atoms. The Labute approximate surface area is 58.4 Å². The molecule has 2 heterocycles. The number of thioether (sulfide) groups is 1. The number of hydrogen-bond donors (Lipinski definition) is 1. The van der Waals surface area contributed by atoms with Gasteiger partial charge in [-0.2, -0.15) is 0 Å². The van der Waals surface area contributed by atoms with Crippen LogP contribution in [0.2, 0.25) is 0 Å². The van der Waals surface area contributed by atoms with E-state index in [1.807, 2.05) is 11.8 Å². The smallest absolute Gasteiger partial charge is 0.0870 e. The fourth-order valence-corrected chi connectivity index (χ4v) is 2.10. The molecule has 0 amide bonds. The van der Waals surface area contributed by atoms with Crippen LogP contribution < -0.4 is 5.32 Å². The van der Waals surface area contributed by atoms with Gasteiger partial charge in [0.25, 0.3) is 0 Å². The van der Waals surface area contributed by atoms with Gasteiger partial charge < -0.3 is 5.32 Å². The zero-order chi connectivity index (χ0) is 6.10. The molecule has 2 aliphatic heterocycles. The predicted molar refractivity (Wildman–Crippen MR) is 40.6 cm³/mol. The van der Waals surface area contributed by atoms with Crippen molar-refractivity contribution in [2.75, 3.05) is 12.3 Å². The number of aliphatic imine (C=N–C) groups is 1. The number of allylic oxidation sites excluding steroid dienone is 1. The highest BCUT2D eigenvalue weighted by Gasteiger charge is 2.15. The van der Waals surface area contributed by atoms with E-state index in [0.29, 0.717) is 0 Å². The molecular formula is C6H8N2S. The summed E-state index contributed by atoms with van der Waals surface area (Å²) >= 11 is 1.93. The summed E-state index contributed by atoms with van der Waals surface area (Å²) in [5.74, 6) is 1.24. The molecule has 0 bridgehead atoms. The van der Waals surface area contributed by atoms with E-state index in [1.54, 1.807) is 6.34 Å². The maximum absolute atomic E-state index is 4.10. The number of nitrogens with one attached hydrogen (secondary N) is 1. The van der Waals surface area contributed by atoms with Crippen LogP contribution in [0.15, 0.2) is 15.6 Å². The van der Waals surface area contributed by atoms with Crippen LogP contribution in [-0.4, -0.2) is 18.6 Å². The van der Waals surface area contributed by atoms with Crippen molar-refractivity contribution >= 4 is 18.1 Å². The summed E-state index contributed by atoms with van der Waals surface area (Å²) in [6, 6.07) is 0. The van der Waals surface area contributed by atoms with E-state index in [4.69, 9.17) is 0 Å². The van der Waals surface area contributed by atoms with Gasteiger partial charge in [0, 0.05) is 16.4 Å². The molecule has 0 saturated carbocycles. The summed E-state index contributed by atoms with van der Waals surface area (Å²) in [5, 5.41) is 3.15. The molecule has 0 spiro atoms. The van der Waals surface area contributed by atoms with Crippen LogP contribution in [0.5, 0.6) is 0 Å². The first-order chi connectivity index (χ1) is 4.47. The normalized spacial score (nSPS) is 24.0. The largest absolute Gasteiger partial charge is 0.349 e. The summed E-state index contributed by atoms with van der Waals surface area (Å²) in [6.45, 7) is 0.910. The number of nitrogens with zero attached hydrogens (tertiary/aromatic N) is 1. The lowest BCUT2D eigenvalue weighted by molar-refractivity contribution is 0.964. The van der Waals surface area contributed by atoms with Crippen molar-refractivity contribution in [3.63, 3.8) is 0 Å². The van der Waals surface area contributed by atoms with E-state index in [0.717, 1.165) is 6.54 Å². The highest BCUT2D eigenvalue weighted by atomic mass is 32.2. The zero-order valence-corrected chi connectivity index (χ0v) is 5.87. The third-order valence-electron chi connectivity index (χ3n) is 1.53. The van der Waals surface area contributed by atoms with Crippen LogP contribution in [0.3, 0.4) is 0 Å². The van der Waals surface area contributed by atoms with Crippen molar-refractivity contribution < 1.29 is 0 Å². The molecule has 3 heteroatoms. The first-order valence-electron chi connectivity index (χ1n) is 3.06. The third-order valence-corrected chi connectivity index (χ3v) is 2.66. The zero-order valence-electron chi connectivity index (χ0n) is 5.05. The third kappa shape index (κ3) is 0.852. The molecule has 0 aliphatic carbocycles. The number of hydrogen-bond acceptors (Lipinski definition) is 3. The second-order valence-corrected chi connectivity index (χ2v) is 3.30. The fourth-order valence-electron chi connectivity index (χ4n) is 1.05. The molecule has 0 radical (unpaired) electrons. The maximum atomic E-state index is 4.10. The van der Waals surface area contributed by atoms with Gasteiger partial charge >= 0.3 is 0 Å². The van der Waals surface area contributed by atoms with E-state index in [2.05, 4.69) is 10.3 Å². The Morgan fingerprint density at radius 2 is 2.67 bits per heavy atom. The van der Waals surface area contributed by atoms with Crippen LogP contribution in [0, 0.1) is 0 Å². The van der Waals surface area contributed by atoms with E-state index in [9.17, 15) is 0 Å². The lowest BCUT2D eigenvalue weighted by Gasteiger charge is -2.07. The Morgan fingerprint density at radius 1 is 1.67 bits per heavy atom. The van der Waals surface area contributed by atoms with Gasteiger partial charge in [0.15, 0.2) is 0 Å². The maximum Gasteiger partial charge on any atom is 0.0870 e. The summed E-state index contributed by atoms with van der Waals surface area (Å²) in [5.41, 5.74) is 1.40. The molecule has 2 nitrogen and oxygen atoms in total. The molecule has 0 aromatic rings. The summed E-state index contributed by atoms with van der Waals surface area (Å²) in [7, 11) is 0. The minimum atomic E-state index is 0.910. The fraction of sp³-hybridized carbons (Fsp3) is 0.500. The first-order valence-corrected chi connectivity index (χ1v) is 4.05. The minimum absolute atomic E-state index is 0.910. The molecule has 2 rings (SSSR count). The summed E-state index contributed by atoms with van der Waals surface area (Å²) < 4.78 is 0. The first kappa shape index (κ1) is 5.35. The van der Waals surface area contributed by atoms with Gasteiger partial charge in [0.05, 0.1) is 12.9 Å². The lowest BCUT2D eigenvalue weighted by atomic mass is 10.3. The second kappa shape index (κ2) is 2.06. The quantitative estimate of drug-likeness (QED) is 0.542. The average Bonchev–Trinajstić information content (AvgIpc) is 2.33. The second-order valence-electron chi connectivity index (χ2n) is 2.11. The van der Waals surface area contributed by atoms with Crippen LogP contribution in [0.4, 0.5) is 0 Å². The van der Waals surface area contributed by atoms with E-state index in [1.165, 1.54) is 22.8 Å². The molecule has 0 unspecified atom stereocenters. The van der Waals surface area contributed by atoms with Crippen LogP contribution in [0.25, 0.3) is 0 Å². The van der Waals surface area contributed by atoms with Gasteiger partial charge in [-0.1, -0.05) is 0 Å². The molecule has 0 aromatic carbocycles. The molecule has 0 fully saturated rings. The van der Waals surface area contributed by atoms with Crippen molar-refractivity contribution in [3.8, 4) is 0 Å². The van der Waals surface area contributed by atoms with Crippen molar-refractivity contribution in [1.82, 2.24) is 5.32 Å². The molecule has 1 N–H and O–H groups in total. The Balaban J connectivity index is 2.21. The molecule has 0 aromatic heterocycles. The SMILES string of the molecule is C1=NCC2=C(CCS2)N1. The van der Waals surface area contributed by atoms with Gasteiger partial charge in [0.1, 0.15) is 0 Å². The summed E-state index contributed by atoms with van der Waals surface area (Å²) in [4.78, 5) is 5.55. The molecule has 48 valence electrons.